The summed E-state index contributed by atoms with van der Waals surface area (Å²) < 4.78 is 0. The third-order valence-electron chi connectivity index (χ3n) is 2.72. The SMILES string of the molecule is N#CCN(CC#N)C(=O)c1cc2ccccc2c(Cl)n1. The first-order chi connectivity index (χ1) is 9.67. The van der Waals surface area contributed by atoms with Gasteiger partial charge in [0.05, 0.1) is 12.1 Å². The largest absolute Gasteiger partial charge is 0.311 e. The van der Waals surface area contributed by atoms with Crippen LogP contribution in [0.4, 0.5) is 0 Å². The minimum atomic E-state index is -0.485. The highest BCUT2D eigenvalue weighted by atomic mass is 35.5. The Balaban J connectivity index is 2.45. The van der Waals surface area contributed by atoms with Crippen LogP contribution >= 0.6 is 11.6 Å². The van der Waals surface area contributed by atoms with Gasteiger partial charge in [-0.25, -0.2) is 4.98 Å². The van der Waals surface area contributed by atoms with Crippen molar-refractivity contribution in [3.05, 3.63) is 41.2 Å². The lowest BCUT2D eigenvalue weighted by Crippen LogP contribution is -2.32. The lowest BCUT2D eigenvalue weighted by Gasteiger charge is -2.15. The fourth-order valence-electron chi connectivity index (χ4n) is 1.80. The minimum absolute atomic E-state index is 0.124. The molecule has 0 saturated heterocycles. The number of pyridine rings is 1. The Morgan fingerprint density at radius 2 is 1.90 bits per heavy atom. The Labute approximate surface area is 120 Å². The normalized spacial score (nSPS) is 9.75. The number of carbonyl (C=O) groups excluding carboxylic acids is 1. The van der Waals surface area contributed by atoms with Crippen molar-refractivity contribution in [1.82, 2.24) is 9.88 Å². The van der Waals surface area contributed by atoms with E-state index in [1.54, 1.807) is 12.1 Å². The first-order valence-electron chi connectivity index (χ1n) is 5.76. The van der Waals surface area contributed by atoms with Crippen molar-refractivity contribution in [2.75, 3.05) is 13.1 Å². The molecule has 0 spiro atoms. The molecule has 0 aliphatic rings. The summed E-state index contributed by atoms with van der Waals surface area (Å²) in [6.45, 7) is -0.336. The molecule has 0 bridgehead atoms. The molecule has 1 heterocycles. The van der Waals surface area contributed by atoms with Gasteiger partial charge in [0.1, 0.15) is 23.9 Å². The number of benzene rings is 1. The fourth-order valence-corrected chi connectivity index (χ4v) is 2.06. The number of halogens is 1. The second-order valence-electron chi connectivity index (χ2n) is 4.00. The summed E-state index contributed by atoms with van der Waals surface area (Å²) in [5, 5.41) is 19.1. The molecule has 5 nitrogen and oxygen atoms in total. The van der Waals surface area contributed by atoms with E-state index in [9.17, 15) is 4.79 Å². The Bertz CT molecular complexity index is 729. The molecule has 6 heteroatoms. The van der Waals surface area contributed by atoms with E-state index in [2.05, 4.69) is 4.98 Å². The number of nitriles is 2. The molecule has 0 fully saturated rings. The van der Waals surface area contributed by atoms with Crippen molar-refractivity contribution in [2.45, 2.75) is 0 Å². The van der Waals surface area contributed by atoms with E-state index in [0.717, 1.165) is 15.7 Å². The molecule has 0 saturated carbocycles. The molecule has 2 rings (SSSR count). The van der Waals surface area contributed by atoms with Gasteiger partial charge in [-0.1, -0.05) is 35.9 Å². The number of nitrogens with zero attached hydrogens (tertiary/aromatic N) is 4. The van der Waals surface area contributed by atoms with Crippen LogP contribution in [0.2, 0.25) is 5.15 Å². The van der Waals surface area contributed by atoms with E-state index in [0.29, 0.717) is 0 Å². The number of rotatable bonds is 3. The highest BCUT2D eigenvalue weighted by Crippen LogP contribution is 2.22. The lowest BCUT2D eigenvalue weighted by atomic mass is 10.1. The summed E-state index contributed by atoms with van der Waals surface area (Å²) in [6.07, 6.45) is 0. The smallest absolute Gasteiger partial charge is 0.274 e. The molecule has 0 aliphatic heterocycles. The standard InChI is InChI=1S/C14H9ClN4O/c15-13-11-4-2-1-3-10(11)9-12(18-13)14(20)19(7-5-16)8-6-17/h1-4,9H,7-8H2. The molecule has 1 aromatic carbocycles. The van der Waals surface area contributed by atoms with E-state index in [1.807, 2.05) is 30.3 Å². The summed E-state index contributed by atoms with van der Waals surface area (Å²) in [5.74, 6) is -0.485. The van der Waals surface area contributed by atoms with Crippen molar-refractivity contribution in [1.29, 1.82) is 10.5 Å². The van der Waals surface area contributed by atoms with Gasteiger partial charge in [-0.2, -0.15) is 10.5 Å². The van der Waals surface area contributed by atoms with E-state index in [4.69, 9.17) is 22.1 Å². The van der Waals surface area contributed by atoms with Crippen molar-refractivity contribution >= 4 is 28.3 Å². The summed E-state index contributed by atoms with van der Waals surface area (Å²) in [7, 11) is 0. The molecular weight excluding hydrogens is 276 g/mol. The molecular formula is C14H9ClN4O. The molecule has 2 aromatic rings. The third kappa shape index (κ3) is 2.69. The average Bonchev–Trinajstić information content (AvgIpc) is 2.46. The van der Waals surface area contributed by atoms with Crippen LogP contribution in [-0.4, -0.2) is 28.9 Å². The second kappa shape index (κ2) is 6.01. The Hall–Kier alpha value is -2.63. The summed E-state index contributed by atoms with van der Waals surface area (Å²) in [4.78, 5) is 17.4. The highest BCUT2D eigenvalue weighted by molar-refractivity contribution is 6.34. The second-order valence-corrected chi connectivity index (χ2v) is 4.35. The van der Waals surface area contributed by atoms with E-state index < -0.39 is 5.91 Å². The van der Waals surface area contributed by atoms with Crippen molar-refractivity contribution in [3.63, 3.8) is 0 Å². The van der Waals surface area contributed by atoms with E-state index in [-0.39, 0.29) is 23.9 Å². The Kier molecular flexibility index (Phi) is 4.14. The first kappa shape index (κ1) is 13.8. The summed E-state index contributed by atoms with van der Waals surface area (Å²) in [6, 6.07) is 12.6. The maximum atomic E-state index is 12.2. The van der Waals surface area contributed by atoms with Crippen molar-refractivity contribution < 1.29 is 4.79 Å². The van der Waals surface area contributed by atoms with Gasteiger partial charge in [-0.05, 0) is 11.5 Å². The molecule has 1 amide bonds. The summed E-state index contributed by atoms with van der Waals surface area (Å²) >= 11 is 6.05. The Morgan fingerprint density at radius 1 is 1.25 bits per heavy atom. The maximum Gasteiger partial charge on any atom is 0.274 e. The number of carbonyl (C=O) groups is 1. The number of amides is 1. The van der Waals surface area contributed by atoms with Crippen LogP contribution in [0, 0.1) is 22.7 Å². The van der Waals surface area contributed by atoms with Gasteiger partial charge in [0.15, 0.2) is 0 Å². The maximum absolute atomic E-state index is 12.2. The Morgan fingerprint density at radius 3 is 2.55 bits per heavy atom. The first-order valence-corrected chi connectivity index (χ1v) is 6.13. The van der Waals surface area contributed by atoms with Crippen molar-refractivity contribution in [2.24, 2.45) is 0 Å². The van der Waals surface area contributed by atoms with Crippen LogP contribution < -0.4 is 0 Å². The molecule has 1 aromatic heterocycles. The molecule has 0 radical (unpaired) electrons. The topological polar surface area (TPSA) is 80.8 Å². The molecule has 0 N–H and O–H groups in total. The van der Waals surface area contributed by atoms with Gasteiger partial charge >= 0.3 is 0 Å². The molecule has 20 heavy (non-hydrogen) atoms. The zero-order valence-electron chi connectivity index (χ0n) is 10.4. The number of aromatic nitrogens is 1. The van der Waals surface area contributed by atoms with Gasteiger partial charge in [-0.3, -0.25) is 4.79 Å². The van der Waals surface area contributed by atoms with Gasteiger partial charge < -0.3 is 4.90 Å². The monoisotopic (exact) mass is 284 g/mol. The molecule has 0 aliphatic carbocycles. The predicted octanol–water partition coefficient (Wildman–Crippen LogP) is 2.38. The van der Waals surface area contributed by atoms with E-state index >= 15 is 0 Å². The number of fused-ring (bicyclic) bond motifs is 1. The van der Waals surface area contributed by atoms with Crippen LogP contribution in [0.1, 0.15) is 10.5 Å². The van der Waals surface area contributed by atoms with Crippen LogP contribution in [0.25, 0.3) is 10.8 Å². The summed E-state index contributed by atoms with van der Waals surface area (Å²) in [5.41, 5.74) is 0.124. The van der Waals surface area contributed by atoms with E-state index in [1.165, 1.54) is 0 Å². The van der Waals surface area contributed by atoms with Crippen LogP contribution in [-0.2, 0) is 0 Å². The van der Waals surface area contributed by atoms with Crippen LogP contribution in [0.5, 0.6) is 0 Å². The highest BCUT2D eigenvalue weighted by Gasteiger charge is 2.18. The quantitative estimate of drug-likeness (QED) is 0.640. The lowest BCUT2D eigenvalue weighted by molar-refractivity contribution is 0.0789. The number of hydrogen-bond acceptors (Lipinski definition) is 4. The minimum Gasteiger partial charge on any atom is -0.311 e. The predicted molar refractivity (Wildman–Crippen MR) is 73.9 cm³/mol. The van der Waals surface area contributed by atoms with Gasteiger partial charge in [0, 0.05) is 5.39 Å². The zero-order valence-corrected chi connectivity index (χ0v) is 11.1. The molecule has 0 unspecified atom stereocenters. The van der Waals surface area contributed by atoms with Crippen LogP contribution in [0.15, 0.2) is 30.3 Å². The number of hydrogen-bond donors (Lipinski definition) is 0. The zero-order chi connectivity index (χ0) is 14.5. The average molecular weight is 285 g/mol. The van der Waals surface area contributed by atoms with Gasteiger partial charge in [-0.15, -0.1) is 0 Å². The van der Waals surface area contributed by atoms with Crippen molar-refractivity contribution in [3.8, 4) is 12.1 Å². The molecule has 98 valence electrons. The fraction of sp³-hybridized carbons (Fsp3) is 0.143. The third-order valence-corrected chi connectivity index (χ3v) is 3.01. The van der Waals surface area contributed by atoms with Gasteiger partial charge in [0.2, 0.25) is 0 Å². The van der Waals surface area contributed by atoms with Gasteiger partial charge in [0.25, 0.3) is 5.91 Å². The molecule has 0 atom stereocenters. The van der Waals surface area contributed by atoms with Crippen LogP contribution in [0.3, 0.4) is 0 Å².